The molecule has 1 aromatic heterocycles. The minimum atomic E-state index is -0.385. The van der Waals surface area contributed by atoms with E-state index in [0.29, 0.717) is 5.56 Å². The van der Waals surface area contributed by atoms with Crippen molar-refractivity contribution in [3.05, 3.63) is 56.9 Å². The molecule has 3 nitrogen and oxygen atoms in total. The average Bonchev–Trinajstić information content (AvgIpc) is 2.65. The van der Waals surface area contributed by atoms with E-state index < -0.39 is 0 Å². The van der Waals surface area contributed by atoms with Crippen molar-refractivity contribution in [3.8, 4) is 0 Å². The Morgan fingerprint density at radius 2 is 2.00 bits per heavy atom. The number of nitrogens with zero attached hydrogens (tertiary/aromatic N) is 1. The van der Waals surface area contributed by atoms with Crippen molar-refractivity contribution in [1.82, 2.24) is 4.57 Å². The van der Waals surface area contributed by atoms with Crippen molar-refractivity contribution in [2.75, 3.05) is 0 Å². The zero-order chi connectivity index (χ0) is 11.5. The standard InChI is InChI=1S/C11H8FNO2S/c12-9-3-1-8(2-4-9)10(14)7-13-5-6-16-11(13)15/h1-6H,7H2. The molecule has 0 aliphatic heterocycles. The zero-order valence-corrected chi connectivity index (χ0v) is 9.04. The van der Waals surface area contributed by atoms with E-state index in [4.69, 9.17) is 0 Å². The van der Waals surface area contributed by atoms with Crippen molar-refractivity contribution < 1.29 is 9.18 Å². The molecule has 0 fully saturated rings. The zero-order valence-electron chi connectivity index (χ0n) is 8.22. The third-order valence-corrected chi connectivity index (χ3v) is 2.82. The van der Waals surface area contributed by atoms with Gasteiger partial charge in [-0.25, -0.2) is 4.39 Å². The van der Waals surface area contributed by atoms with Crippen molar-refractivity contribution >= 4 is 17.1 Å². The summed E-state index contributed by atoms with van der Waals surface area (Å²) in [5.41, 5.74) is 0.402. The topological polar surface area (TPSA) is 39.1 Å². The fourth-order valence-electron chi connectivity index (χ4n) is 1.29. The molecule has 0 radical (unpaired) electrons. The normalized spacial score (nSPS) is 10.3. The number of aromatic nitrogens is 1. The van der Waals surface area contributed by atoms with E-state index in [9.17, 15) is 14.0 Å². The number of Topliss-reactive ketones (excluding diaryl/α,β-unsaturated/α-hetero) is 1. The summed E-state index contributed by atoms with van der Waals surface area (Å²) in [4.78, 5) is 22.7. The van der Waals surface area contributed by atoms with Gasteiger partial charge in [-0.3, -0.25) is 14.2 Å². The van der Waals surface area contributed by atoms with Gasteiger partial charge in [0.15, 0.2) is 5.78 Å². The Labute approximate surface area is 94.8 Å². The molecule has 16 heavy (non-hydrogen) atoms. The number of rotatable bonds is 3. The van der Waals surface area contributed by atoms with Crippen LogP contribution in [0.1, 0.15) is 10.4 Å². The Morgan fingerprint density at radius 3 is 2.56 bits per heavy atom. The van der Waals surface area contributed by atoms with E-state index in [-0.39, 0.29) is 23.0 Å². The molecule has 0 unspecified atom stereocenters. The summed E-state index contributed by atoms with van der Waals surface area (Å²) in [5, 5.41) is 1.63. The lowest BCUT2D eigenvalue weighted by Crippen LogP contribution is -2.18. The summed E-state index contributed by atoms with van der Waals surface area (Å²) in [6, 6.07) is 5.28. The molecule has 2 rings (SSSR count). The van der Waals surface area contributed by atoms with Crippen LogP contribution < -0.4 is 4.87 Å². The van der Waals surface area contributed by atoms with Gasteiger partial charge >= 0.3 is 4.87 Å². The fourth-order valence-corrected chi connectivity index (χ4v) is 1.87. The average molecular weight is 237 g/mol. The van der Waals surface area contributed by atoms with Gasteiger partial charge in [-0.2, -0.15) is 0 Å². The Bertz CT molecular complexity index is 556. The summed E-state index contributed by atoms with van der Waals surface area (Å²) in [5.74, 6) is -0.593. The molecule has 0 aliphatic carbocycles. The van der Waals surface area contributed by atoms with Crippen LogP contribution in [0.25, 0.3) is 0 Å². The smallest absolute Gasteiger partial charge is 0.298 e. The lowest BCUT2D eigenvalue weighted by Gasteiger charge is -2.01. The predicted molar refractivity (Wildman–Crippen MR) is 59.3 cm³/mol. The highest BCUT2D eigenvalue weighted by Gasteiger charge is 2.08. The summed E-state index contributed by atoms with van der Waals surface area (Å²) >= 11 is 1.04. The van der Waals surface area contributed by atoms with Crippen molar-refractivity contribution in [3.63, 3.8) is 0 Å². The van der Waals surface area contributed by atoms with Gasteiger partial charge in [0.05, 0.1) is 6.54 Å². The maximum atomic E-state index is 12.6. The number of halogens is 1. The van der Waals surface area contributed by atoms with Crippen molar-refractivity contribution in [2.45, 2.75) is 6.54 Å². The molecule has 1 aromatic carbocycles. The summed E-state index contributed by atoms with van der Waals surface area (Å²) < 4.78 is 14.0. The van der Waals surface area contributed by atoms with Crippen LogP contribution in [-0.4, -0.2) is 10.4 Å². The van der Waals surface area contributed by atoms with Gasteiger partial charge in [0.2, 0.25) is 0 Å². The monoisotopic (exact) mass is 237 g/mol. The van der Waals surface area contributed by atoms with Crippen LogP contribution in [0, 0.1) is 5.82 Å². The summed E-state index contributed by atoms with van der Waals surface area (Å²) in [6.45, 7) is -0.00599. The van der Waals surface area contributed by atoms with Gasteiger partial charge in [0, 0.05) is 17.1 Å². The maximum absolute atomic E-state index is 12.6. The Balaban J connectivity index is 2.18. The highest BCUT2D eigenvalue weighted by atomic mass is 32.1. The number of benzene rings is 1. The van der Waals surface area contributed by atoms with Gasteiger partial charge in [-0.05, 0) is 24.3 Å². The second-order valence-corrected chi connectivity index (χ2v) is 4.08. The Morgan fingerprint density at radius 1 is 1.31 bits per heavy atom. The van der Waals surface area contributed by atoms with E-state index >= 15 is 0 Å². The highest BCUT2D eigenvalue weighted by Crippen LogP contribution is 2.05. The molecular formula is C11H8FNO2S. The Kier molecular flexibility index (Phi) is 2.96. The second-order valence-electron chi connectivity index (χ2n) is 3.23. The molecule has 0 N–H and O–H groups in total. The number of carbonyl (C=O) groups excluding carboxylic acids is 1. The van der Waals surface area contributed by atoms with Crippen LogP contribution in [-0.2, 0) is 6.54 Å². The Hall–Kier alpha value is -1.75. The largest absolute Gasteiger partial charge is 0.307 e. The van der Waals surface area contributed by atoms with Crippen LogP contribution in [0.4, 0.5) is 4.39 Å². The van der Waals surface area contributed by atoms with Crippen LogP contribution >= 0.6 is 11.3 Å². The minimum absolute atomic E-state index is 0.00599. The number of carbonyl (C=O) groups is 1. The number of thiazole rings is 1. The first-order valence-electron chi connectivity index (χ1n) is 4.59. The van der Waals surface area contributed by atoms with E-state index in [1.807, 2.05) is 0 Å². The van der Waals surface area contributed by atoms with Crippen molar-refractivity contribution in [2.24, 2.45) is 0 Å². The van der Waals surface area contributed by atoms with Crippen molar-refractivity contribution in [1.29, 1.82) is 0 Å². The van der Waals surface area contributed by atoms with Crippen LogP contribution in [0.2, 0.25) is 0 Å². The minimum Gasteiger partial charge on any atom is -0.298 e. The van der Waals surface area contributed by atoms with E-state index in [2.05, 4.69) is 0 Å². The lowest BCUT2D eigenvalue weighted by molar-refractivity contribution is 0.0971. The summed E-state index contributed by atoms with van der Waals surface area (Å²) in [7, 11) is 0. The number of hydrogen-bond acceptors (Lipinski definition) is 3. The molecule has 0 bridgehead atoms. The second kappa shape index (κ2) is 4.40. The SMILES string of the molecule is O=C(Cn1ccsc1=O)c1ccc(F)cc1. The van der Waals surface area contributed by atoms with Crippen LogP contribution in [0.3, 0.4) is 0 Å². The first-order valence-corrected chi connectivity index (χ1v) is 5.47. The fraction of sp³-hybridized carbons (Fsp3) is 0.0909. The first-order chi connectivity index (χ1) is 7.66. The molecular weight excluding hydrogens is 229 g/mol. The van der Waals surface area contributed by atoms with Gasteiger partial charge in [0.1, 0.15) is 5.82 Å². The summed E-state index contributed by atoms with van der Waals surface area (Å²) in [6.07, 6.45) is 1.56. The first kappa shape index (κ1) is 10.8. The highest BCUT2D eigenvalue weighted by molar-refractivity contribution is 7.07. The lowest BCUT2D eigenvalue weighted by atomic mass is 10.1. The van der Waals surface area contributed by atoms with Crippen LogP contribution in [0.5, 0.6) is 0 Å². The number of hydrogen-bond donors (Lipinski definition) is 0. The molecule has 5 heteroatoms. The predicted octanol–water partition coefficient (Wildman–Crippen LogP) is 1.93. The maximum Gasteiger partial charge on any atom is 0.307 e. The van der Waals surface area contributed by atoms with E-state index in [1.165, 1.54) is 28.8 Å². The van der Waals surface area contributed by atoms with E-state index in [1.54, 1.807) is 11.6 Å². The molecule has 1 heterocycles. The van der Waals surface area contributed by atoms with E-state index in [0.717, 1.165) is 11.3 Å². The van der Waals surface area contributed by atoms with Gasteiger partial charge in [0.25, 0.3) is 0 Å². The van der Waals surface area contributed by atoms with Gasteiger partial charge in [-0.1, -0.05) is 11.3 Å². The third kappa shape index (κ3) is 2.25. The molecule has 0 spiro atoms. The molecule has 0 saturated heterocycles. The molecule has 82 valence electrons. The molecule has 0 saturated carbocycles. The quantitative estimate of drug-likeness (QED) is 0.765. The molecule has 0 amide bonds. The van der Waals surface area contributed by atoms with Gasteiger partial charge < -0.3 is 0 Å². The molecule has 0 aliphatic rings. The van der Waals surface area contributed by atoms with Crippen LogP contribution in [0.15, 0.2) is 40.6 Å². The molecule has 0 atom stereocenters. The van der Waals surface area contributed by atoms with Gasteiger partial charge in [-0.15, -0.1) is 0 Å². The number of ketones is 1. The molecule has 2 aromatic rings. The third-order valence-electron chi connectivity index (χ3n) is 2.12.